The molecule has 12 nitrogen and oxygen atoms in total. The molecule has 4 atom stereocenters. The van der Waals surface area contributed by atoms with Crippen LogP contribution in [0.1, 0.15) is 20.1 Å². The minimum absolute atomic E-state index is 0.0418. The van der Waals surface area contributed by atoms with Gasteiger partial charge in [-0.05, 0) is 13.8 Å². The Kier molecular flexibility index (Phi) is 4.95. The van der Waals surface area contributed by atoms with Crippen LogP contribution >= 0.6 is 0 Å². The Labute approximate surface area is 146 Å². The van der Waals surface area contributed by atoms with E-state index in [0.29, 0.717) is 0 Å². The van der Waals surface area contributed by atoms with Gasteiger partial charge in [0.05, 0.1) is 12.7 Å². The molecule has 0 bridgehead atoms. The number of rotatable bonds is 5. The number of carbonyl (C=O) groups is 2. The zero-order valence-corrected chi connectivity index (χ0v) is 13.9. The van der Waals surface area contributed by atoms with Crippen molar-refractivity contribution < 1.29 is 38.5 Å². The molecule has 2 aliphatic rings. The summed E-state index contributed by atoms with van der Waals surface area (Å²) >= 11 is 0. The van der Waals surface area contributed by atoms with E-state index in [2.05, 4.69) is 15.3 Å². The van der Waals surface area contributed by atoms with Crippen molar-refractivity contribution in [3.05, 3.63) is 22.7 Å². The predicted molar refractivity (Wildman–Crippen MR) is 81.0 cm³/mol. The van der Waals surface area contributed by atoms with Crippen LogP contribution in [0.2, 0.25) is 0 Å². The number of anilines is 1. The van der Waals surface area contributed by atoms with Gasteiger partial charge in [-0.1, -0.05) is 0 Å². The number of nitrogens with zero attached hydrogens (tertiary/aromatic N) is 2. The van der Waals surface area contributed by atoms with Gasteiger partial charge in [-0.2, -0.15) is 10.5 Å². The fraction of sp³-hybridized carbons (Fsp3) is 0.571. The van der Waals surface area contributed by atoms with E-state index in [1.165, 1.54) is 12.3 Å². The molecule has 0 spiro atoms. The van der Waals surface area contributed by atoms with Crippen LogP contribution in [0.15, 0.2) is 17.1 Å². The van der Waals surface area contributed by atoms with Crippen molar-refractivity contribution in [2.45, 2.75) is 44.5 Å². The molecule has 26 heavy (non-hydrogen) atoms. The molecular weight excluding hydrogens is 354 g/mol. The maximum Gasteiger partial charge on any atom is 0.533 e. The van der Waals surface area contributed by atoms with E-state index in [4.69, 9.17) is 18.9 Å². The summed E-state index contributed by atoms with van der Waals surface area (Å²) in [5.41, 5.74) is 1.43. The van der Waals surface area contributed by atoms with Crippen molar-refractivity contribution >= 4 is 18.1 Å². The molecule has 0 saturated carbocycles. The predicted octanol–water partition coefficient (Wildman–Crippen LogP) is -0.0745. The lowest BCUT2D eigenvalue weighted by Gasteiger charge is -2.17. The first-order valence-electron chi connectivity index (χ1n) is 7.75. The van der Waals surface area contributed by atoms with Gasteiger partial charge in [0.1, 0.15) is 6.10 Å². The van der Waals surface area contributed by atoms with Crippen LogP contribution in [-0.2, 0) is 23.8 Å². The quantitative estimate of drug-likeness (QED) is 0.529. The average Bonchev–Trinajstić information content (AvgIpc) is 3.10. The van der Waals surface area contributed by atoms with Crippen LogP contribution in [0.3, 0.4) is 0 Å². The van der Waals surface area contributed by atoms with E-state index < -0.39 is 49.1 Å². The summed E-state index contributed by atoms with van der Waals surface area (Å²) in [6.45, 7) is 2.88. The lowest BCUT2D eigenvalue weighted by molar-refractivity contribution is -0.0735. The van der Waals surface area contributed by atoms with Gasteiger partial charge in [0.2, 0.25) is 0 Å². The van der Waals surface area contributed by atoms with Gasteiger partial charge in [0.25, 0.3) is 0 Å². The van der Waals surface area contributed by atoms with Gasteiger partial charge in [-0.25, -0.2) is 14.4 Å². The minimum Gasteiger partial charge on any atom is -0.430 e. The summed E-state index contributed by atoms with van der Waals surface area (Å²) in [6, 6.07) is 1.34. The van der Waals surface area contributed by atoms with Gasteiger partial charge >= 0.3 is 18.0 Å². The molecule has 0 aromatic carbocycles. The van der Waals surface area contributed by atoms with Crippen molar-refractivity contribution in [1.82, 2.24) is 9.55 Å². The van der Waals surface area contributed by atoms with Crippen LogP contribution < -0.4 is 11.2 Å². The molecule has 12 heteroatoms. The molecule has 0 unspecified atom stereocenters. The van der Waals surface area contributed by atoms with E-state index in [0.717, 1.165) is 4.57 Å². The number of aliphatic hydroxyl groups is 1. The van der Waals surface area contributed by atoms with Gasteiger partial charge in [0.15, 0.2) is 24.3 Å². The second kappa shape index (κ2) is 7.17. The van der Waals surface area contributed by atoms with E-state index in [1.54, 1.807) is 13.8 Å². The molecule has 2 aliphatic heterocycles. The number of carbonyl (C=O) groups excluding carboxylic acids is 2. The summed E-state index contributed by atoms with van der Waals surface area (Å²) in [4.78, 5) is 43.1. The molecule has 3 heterocycles. The van der Waals surface area contributed by atoms with Crippen molar-refractivity contribution in [3.8, 4) is 0 Å². The maximum atomic E-state index is 12.2. The van der Waals surface area contributed by atoms with Crippen LogP contribution in [0.25, 0.3) is 0 Å². The number of aliphatic hydroxyl groups excluding tert-OH is 1. The highest BCUT2D eigenvalue weighted by atomic mass is 16.8. The molecule has 1 aromatic heterocycles. The normalized spacial score (nSPS) is 26.8. The number of hydrogen-bond donors (Lipinski definition) is 2. The Morgan fingerprint density at radius 1 is 1.38 bits per heavy atom. The summed E-state index contributed by atoms with van der Waals surface area (Å²) in [7, 11) is 0. The summed E-state index contributed by atoms with van der Waals surface area (Å²) in [6.07, 6.45) is -4.49. The fourth-order valence-corrected chi connectivity index (χ4v) is 2.57. The summed E-state index contributed by atoms with van der Waals surface area (Å²) < 4.78 is 21.3. The highest BCUT2D eigenvalue weighted by Gasteiger charge is 2.55. The van der Waals surface area contributed by atoms with Crippen molar-refractivity contribution in [3.63, 3.8) is 0 Å². The summed E-state index contributed by atoms with van der Waals surface area (Å²) in [5, 5.41) is 9.32. The second-order valence-electron chi connectivity index (χ2n) is 5.79. The number of ether oxygens (including phenoxy) is 4. The smallest absolute Gasteiger partial charge is 0.430 e. The Balaban J connectivity index is 1.71. The molecule has 0 aliphatic carbocycles. The first-order chi connectivity index (χ1) is 12.4. The van der Waals surface area contributed by atoms with E-state index in [-0.39, 0.29) is 11.9 Å². The average molecular weight is 371 g/mol. The van der Waals surface area contributed by atoms with Crippen LogP contribution in [0.4, 0.5) is 15.4 Å². The zero-order chi connectivity index (χ0) is 18.8. The van der Waals surface area contributed by atoms with Crippen LogP contribution in [-0.4, -0.2) is 58.0 Å². The zero-order valence-electron chi connectivity index (χ0n) is 13.9. The molecule has 3 rings (SSSR count). The number of hydrogen-bond acceptors (Lipinski definition) is 11. The SMILES string of the molecule is CC(C)OC(=O)ONc1ccn([C@@H]2O[C@H](CO)[C@H]3OC(=O)O[C@H]32)c(=O)n1. The fourth-order valence-electron chi connectivity index (χ4n) is 2.57. The standard InChI is InChI=1S/C14H17N3O9/c1-6(2)22-14(21)26-16-8-3-4-17(12(19)15-8)11-10-9(7(5-18)23-11)24-13(20)25-10/h3-4,6-7,9-11,18H,5H2,1-2H3,(H,15,16,19)/t7-,9-,10-,11-/m1/s1. The van der Waals surface area contributed by atoms with Crippen LogP contribution in [0.5, 0.6) is 0 Å². The molecule has 2 N–H and O–H groups in total. The van der Waals surface area contributed by atoms with Gasteiger partial charge < -0.3 is 28.9 Å². The van der Waals surface area contributed by atoms with Crippen molar-refractivity contribution in [1.29, 1.82) is 0 Å². The third kappa shape index (κ3) is 3.55. The lowest BCUT2D eigenvalue weighted by Crippen LogP contribution is -2.34. The molecular formula is C14H17N3O9. The largest absolute Gasteiger partial charge is 0.533 e. The first kappa shape index (κ1) is 17.9. The monoisotopic (exact) mass is 371 g/mol. The topological polar surface area (TPSA) is 147 Å². The minimum atomic E-state index is -1.01. The Morgan fingerprint density at radius 3 is 2.77 bits per heavy atom. The molecule has 2 fully saturated rings. The molecule has 2 saturated heterocycles. The maximum absolute atomic E-state index is 12.2. The lowest BCUT2D eigenvalue weighted by atomic mass is 10.1. The Hall–Kier alpha value is -2.86. The molecule has 0 amide bonds. The molecule has 142 valence electrons. The highest BCUT2D eigenvalue weighted by Crippen LogP contribution is 2.36. The van der Waals surface area contributed by atoms with E-state index in [9.17, 15) is 19.5 Å². The van der Waals surface area contributed by atoms with E-state index in [1.807, 2.05) is 0 Å². The van der Waals surface area contributed by atoms with Gasteiger partial charge in [-0.15, -0.1) is 0 Å². The third-order valence-corrected chi connectivity index (χ3v) is 3.61. The van der Waals surface area contributed by atoms with Gasteiger partial charge in [0, 0.05) is 12.3 Å². The summed E-state index contributed by atoms with van der Waals surface area (Å²) in [5.74, 6) is -0.0418. The molecule has 1 aromatic rings. The van der Waals surface area contributed by atoms with E-state index >= 15 is 0 Å². The van der Waals surface area contributed by atoms with Crippen LogP contribution in [0, 0.1) is 0 Å². The van der Waals surface area contributed by atoms with Gasteiger partial charge in [-0.3, -0.25) is 4.57 Å². The highest BCUT2D eigenvalue weighted by molar-refractivity contribution is 5.63. The first-order valence-corrected chi connectivity index (χ1v) is 7.75. The number of aromatic nitrogens is 2. The Bertz CT molecular complexity index is 749. The third-order valence-electron chi connectivity index (χ3n) is 3.61. The van der Waals surface area contributed by atoms with Crippen molar-refractivity contribution in [2.24, 2.45) is 0 Å². The van der Waals surface area contributed by atoms with Crippen molar-refractivity contribution in [2.75, 3.05) is 12.1 Å². The number of fused-ring (bicyclic) bond motifs is 1. The Morgan fingerprint density at radius 2 is 2.12 bits per heavy atom. The second-order valence-corrected chi connectivity index (χ2v) is 5.79. The number of nitrogens with one attached hydrogen (secondary N) is 1. The molecule has 0 radical (unpaired) electrons.